The predicted molar refractivity (Wildman–Crippen MR) is 179 cm³/mol. The van der Waals surface area contributed by atoms with Crippen molar-refractivity contribution in [2.75, 3.05) is 24.7 Å². The molecule has 1 aliphatic rings. The Balaban J connectivity index is 1.21. The highest BCUT2D eigenvalue weighted by atomic mass is 32.2. The summed E-state index contributed by atoms with van der Waals surface area (Å²) in [5, 5.41) is 9.65. The summed E-state index contributed by atoms with van der Waals surface area (Å²) in [5.41, 5.74) is 4.54. The summed E-state index contributed by atoms with van der Waals surface area (Å²) in [6.45, 7) is 2.69. The third-order valence-corrected chi connectivity index (χ3v) is 9.52. The molecule has 0 amide bonds. The molecule has 0 unspecified atom stereocenters. The fourth-order valence-electron chi connectivity index (χ4n) is 5.89. The minimum absolute atomic E-state index is 0.0570. The van der Waals surface area contributed by atoms with Gasteiger partial charge in [0, 0.05) is 23.8 Å². The van der Waals surface area contributed by atoms with Gasteiger partial charge in [0.25, 0.3) is 0 Å². The molecule has 3 rings (SSSR count). The number of hydrogen-bond acceptors (Lipinski definition) is 6. The van der Waals surface area contributed by atoms with Gasteiger partial charge in [-0.05, 0) is 28.7 Å². The number of ether oxygens (including phenoxy) is 2. The first kappa shape index (κ1) is 35.7. The van der Waals surface area contributed by atoms with Gasteiger partial charge in [0.15, 0.2) is 0 Å². The number of unbranched alkanes of at least 4 members (excludes halogenated alkanes) is 12. The Morgan fingerprint density at radius 2 is 1.25 bits per heavy atom. The van der Waals surface area contributed by atoms with Gasteiger partial charge < -0.3 is 14.6 Å². The zero-order valence-corrected chi connectivity index (χ0v) is 27.4. The first-order valence-corrected chi connectivity index (χ1v) is 18.0. The summed E-state index contributed by atoms with van der Waals surface area (Å²) >= 11 is 1.38. The molecule has 1 N–H and O–H groups in total. The number of thioether (sulfide) groups is 1. The third kappa shape index (κ3) is 12.7. The second-order valence-corrected chi connectivity index (χ2v) is 13.1. The number of carboxylic acid groups (broad SMARTS) is 1. The summed E-state index contributed by atoms with van der Waals surface area (Å²) in [5.74, 6) is -1.87. The molecule has 0 bridgehead atoms. The first-order chi connectivity index (χ1) is 21.5. The largest absolute Gasteiger partial charge is 0.481 e. The number of benzene rings is 2. The van der Waals surface area contributed by atoms with Crippen molar-refractivity contribution >= 4 is 29.7 Å². The van der Waals surface area contributed by atoms with Gasteiger partial charge in [0.2, 0.25) is 0 Å². The summed E-state index contributed by atoms with van der Waals surface area (Å²) in [7, 11) is 0. The molecule has 6 nitrogen and oxygen atoms in total. The molecule has 2 aromatic carbocycles. The van der Waals surface area contributed by atoms with Gasteiger partial charge in [-0.2, -0.15) is 11.8 Å². The Labute approximate surface area is 268 Å². The lowest BCUT2D eigenvalue weighted by Gasteiger charge is -2.16. The zero-order chi connectivity index (χ0) is 31.4. The number of rotatable bonds is 24. The molecule has 0 saturated carbocycles. The number of carbonyl (C=O) groups excluding carboxylic acids is 2. The van der Waals surface area contributed by atoms with Crippen LogP contribution in [0.1, 0.15) is 120 Å². The smallest absolute Gasteiger partial charge is 0.307 e. The monoisotopic (exact) mass is 624 g/mol. The fraction of sp³-hybridized carbons (Fsp3) is 0.595. The van der Waals surface area contributed by atoms with Crippen LogP contribution in [-0.2, 0) is 23.9 Å². The molecule has 0 heterocycles. The Morgan fingerprint density at radius 1 is 0.727 bits per heavy atom. The molecule has 0 aliphatic heterocycles. The van der Waals surface area contributed by atoms with E-state index in [0.717, 1.165) is 35.1 Å². The maximum absolute atomic E-state index is 12.6. The van der Waals surface area contributed by atoms with Crippen LogP contribution in [0, 0.1) is 5.92 Å². The van der Waals surface area contributed by atoms with Crippen molar-refractivity contribution in [2.45, 2.75) is 109 Å². The van der Waals surface area contributed by atoms with Crippen molar-refractivity contribution < 1.29 is 29.0 Å². The van der Waals surface area contributed by atoms with Crippen LogP contribution >= 0.6 is 11.8 Å². The summed E-state index contributed by atoms with van der Waals surface area (Å²) in [6.07, 6.45) is 16.7. The second kappa shape index (κ2) is 21.0. The van der Waals surface area contributed by atoms with E-state index >= 15 is 0 Å². The second-order valence-electron chi connectivity index (χ2n) is 11.9. The molecular formula is C37H52O6S. The van der Waals surface area contributed by atoms with E-state index in [2.05, 4.69) is 31.2 Å². The molecule has 0 saturated heterocycles. The predicted octanol–water partition coefficient (Wildman–Crippen LogP) is 9.19. The maximum atomic E-state index is 12.6. The van der Waals surface area contributed by atoms with Gasteiger partial charge in [-0.1, -0.05) is 133 Å². The molecule has 1 aliphatic carbocycles. The summed E-state index contributed by atoms with van der Waals surface area (Å²) in [6, 6.07) is 16.2. The molecule has 2 aromatic rings. The highest BCUT2D eigenvalue weighted by molar-refractivity contribution is 7.99. The minimum atomic E-state index is -1.02. The van der Waals surface area contributed by atoms with Crippen molar-refractivity contribution in [1.29, 1.82) is 0 Å². The molecule has 0 aromatic heterocycles. The number of carboxylic acids is 1. The molecule has 0 radical (unpaired) electrons. The lowest BCUT2D eigenvalue weighted by atomic mass is 9.98. The highest BCUT2D eigenvalue weighted by Gasteiger charge is 2.30. The van der Waals surface area contributed by atoms with Crippen LogP contribution in [0.2, 0.25) is 0 Å². The Kier molecular flexibility index (Phi) is 17.1. The van der Waals surface area contributed by atoms with E-state index in [1.54, 1.807) is 0 Å². The van der Waals surface area contributed by atoms with E-state index in [1.807, 2.05) is 24.3 Å². The third-order valence-electron chi connectivity index (χ3n) is 8.43. The quantitative estimate of drug-likeness (QED) is 0.0920. The van der Waals surface area contributed by atoms with E-state index in [9.17, 15) is 19.5 Å². The van der Waals surface area contributed by atoms with Crippen molar-refractivity contribution in [3.05, 3.63) is 59.7 Å². The fourth-order valence-corrected chi connectivity index (χ4v) is 6.81. The van der Waals surface area contributed by atoms with Gasteiger partial charge >= 0.3 is 17.9 Å². The maximum Gasteiger partial charge on any atom is 0.307 e. The molecule has 0 spiro atoms. The van der Waals surface area contributed by atoms with Gasteiger partial charge in [-0.15, -0.1) is 0 Å². The van der Waals surface area contributed by atoms with Crippen molar-refractivity contribution in [2.24, 2.45) is 5.92 Å². The molecule has 44 heavy (non-hydrogen) atoms. The van der Waals surface area contributed by atoms with Crippen LogP contribution in [0.5, 0.6) is 0 Å². The van der Waals surface area contributed by atoms with E-state index in [-0.39, 0.29) is 37.3 Å². The molecular weight excluding hydrogens is 572 g/mol. The van der Waals surface area contributed by atoms with Crippen LogP contribution in [0.25, 0.3) is 11.1 Å². The van der Waals surface area contributed by atoms with Crippen LogP contribution in [0.3, 0.4) is 0 Å². The lowest BCUT2D eigenvalue weighted by Crippen LogP contribution is -2.23. The van der Waals surface area contributed by atoms with Gasteiger partial charge in [0.05, 0.1) is 12.3 Å². The Bertz CT molecular complexity index is 1100. The zero-order valence-electron chi connectivity index (χ0n) is 26.6. The van der Waals surface area contributed by atoms with Crippen LogP contribution in [0.4, 0.5) is 0 Å². The van der Waals surface area contributed by atoms with E-state index in [4.69, 9.17) is 9.47 Å². The van der Waals surface area contributed by atoms with Gasteiger partial charge in [-0.3, -0.25) is 14.4 Å². The first-order valence-electron chi connectivity index (χ1n) is 16.8. The van der Waals surface area contributed by atoms with Gasteiger partial charge in [-0.25, -0.2) is 0 Å². The molecule has 7 heteroatoms. The average molecular weight is 625 g/mol. The van der Waals surface area contributed by atoms with Gasteiger partial charge in [0.1, 0.15) is 13.2 Å². The van der Waals surface area contributed by atoms with Crippen LogP contribution in [0.15, 0.2) is 48.5 Å². The highest BCUT2D eigenvalue weighted by Crippen LogP contribution is 2.44. The minimum Gasteiger partial charge on any atom is -0.481 e. The molecule has 0 fully saturated rings. The van der Waals surface area contributed by atoms with E-state index in [0.29, 0.717) is 12.2 Å². The number of aliphatic carboxylic acids is 1. The Hall–Kier alpha value is -2.80. The lowest BCUT2D eigenvalue weighted by molar-refractivity contribution is -0.151. The van der Waals surface area contributed by atoms with Crippen molar-refractivity contribution in [1.82, 2.24) is 0 Å². The topological polar surface area (TPSA) is 89.9 Å². The number of carbonyl (C=O) groups is 3. The normalized spacial score (nSPS) is 12.8. The molecule has 242 valence electrons. The molecule has 1 atom stereocenters. The van der Waals surface area contributed by atoms with Crippen molar-refractivity contribution in [3.63, 3.8) is 0 Å². The number of esters is 2. The number of fused-ring (bicyclic) bond motifs is 3. The number of hydrogen-bond donors (Lipinski definition) is 1. The average Bonchev–Trinajstić information content (AvgIpc) is 3.35. The van der Waals surface area contributed by atoms with Crippen LogP contribution in [-0.4, -0.2) is 47.7 Å². The van der Waals surface area contributed by atoms with E-state index < -0.39 is 17.9 Å². The SMILES string of the molecule is CCCCCCCCCCCCCCCC(=O)OCCSC[C@H](CC(=O)OCC1c2ccccc2-c2ccccc21)C(=O)O. The van der Waals surface area contributed by atoms with Crippen molar-refractivity contribution in [3.8, 4) is 11.1 Å². The summed E-state index contributed by atoms with van der Waals surface area (Å²) < 4.78 is 10.9. The standard InChI is InChI=1S/C37H52O6S/c1-2-3-4-5-6-7-8-9-10-11-12-13-14-23-35(38)42-24-25-44-28-29(37(40)41)26-36(39)43-27-34-32-21-17-15-19-30(32)31-20-16-18-22-33(31)34/h15-22,29,34H,2-14,23-28H2,1H3,(H,40,41)/t29-/m0/s1. The summed E-state index contributed by atoms with van der Waals surface area (Å²) in [4.78, 5) is 36.5. The van der Waals surface area contributed by atoms with E-state index in [1.165, 1.54) is 82.4 Å². The van der Waals surface area contributed by atoms with Crippen LogP contribution < -0.4 is 0 Å². The Morgan fingerprint density at radius 3 is 1.80 bits per heavy atom.